The standard InChI is InChI=1S/C21H29NO/c1-2-6-19(7-3-1)22-9-5-4-8-20(22)23-21-13-16-10-17(14-21)12-18(11-16)15-21/h1-3,6-7,16-18,20H,4-5,8-15H2. The van der Waals surface area contributed by atoms with Crippen molar-refractivity contribution in [3.8, 4) is 0 Å². The average molecular weight is 311 g/mol. The fourth-order valence-corrected chi connectivity index (χ4v) is 6.40. The number of hydrogen-bond donors (Lipinski definition) is 0. The van der Waals surface area contributed by atoms with E-state index in [1.54, 1.807) is 0 Å². The Bertz CT molecular complexity index is 519. The number of nitrogens with zero attached hydrogens (tertiary/aromatic N) is 1. The van der Waals surface area contributed by atoms with E-state index in [1.165, 1.54) is 63.5 Å². The minimum absolute atomic E-state index is 0.226. The third-order valence-electron chi connectivity index (χ3n) is 6.90. The lowest BCUT2D eigenvalue weighted by atomic mass is 9.54. The molecule has 0 aromatic heterocycles. The summed E-state index contributed by atoms with van der Waals surface area (Å²) in [6, 6.07) is 10.9. The lowest BCUT2D eigenvalue weighted by Crippen LogP contribution is -2.56. The summed E-state index contributed by atoms with van der Waals surface area (Å²) in [5.74, 6) is 2.90. The molecule has 1 unspecified atom stereocenters. The van der Waals surface area contributed by atoms with Gasteiger partial charge in [-0.15, -0.1) is 0 Å². The van der Waals surface area contributed by atoms with Gasteiger partial charge in [-0.1, -0.05) is 18.2 Å². The van der Waals surface area contributed by atoms with Gasteiger partial charge in [-0.2, -0.15) is 0 Å². The van der Waals surface area contributed by atoms with E-state index in [0.29, 0.717) is 6.23 Å². The van der Waals surface area contributed by atoms with Crippen molar-refractivity contribution < 1.29 is 4.74 Å². The van der Waals surface area contributed by atoms with Crippen LogP contribution in [0.5, 0.6) is 0 Å². The summed E-state index contributed by atoms with van der Waals surface area (Å²) in [5.41, 5.74) is 1.57. The van der Waals surface area contributed by atoms with Crippen LogP contribution in [-0.4, -0.2) is 18.4 Å². The van der Waals surface area contributed by atoms with E-state index >= 15 is 0 Å². The zero-order chi connectivity index (χ0) is 15.3. The van der Waals surface area contributed by atoms with Crippen molar-refractivity contribution in [3.63, 3.8) is 0 Å². The van der Waals surface area contributed by atoms with Crippen molar-refractivity contribution in [3.05, 3.63) is 30.3 Å². The van der Waals surface area contributed by atoms with Gasteiger partial charge in [-0.05, 0) is 87.7 Å². The van der Waals surface area contributed by atoms with Crippen LogP contribution in [0.2, 0.25) is 0 Å². The second-order valence-electron chi connectivity index (χ2n) is 8.70. The predicted octanol–water partition coefficient (Wildman–Crippen LogP) is 4.99. The molecule has 6 rings (SSSR count). The molecular formula is C21H29NO. The number of hydrogen-bond acceptors (Lipinski definition) is 2. The topological polar surface area (TPSA) is 12.5 Å². The molecule has 1 aromatic rings. The van der Waals surface area contributed by atoms with Crippen molar-refractivity contribution in [2.45, 2.75) is 69.6 Å². The molecule has 23 heavy (non-hydrogen) atoms. The van der Waals surface area contributed by atoms with E-state index in [9.17, 15) is 0 Å². The van der Waals surface area contributed by atoms with E-state index in [4.69, 9.17) is 4.74 Å². The minimum atomic E-state index is 0.226. The van der Waals surface area contributed by atoms with E-state index < -0.39 is 0 Å². The maximum Gasteiger partial charge on any atom is 0.130 e. The molecule has 1 aliphatic heterocycles. The molecule has 2 nitrogen and oxygen atoms in total. The molecule has 4 bridgehead atoms. The summed E-state index contributed by atoms with van der Waals surface area (Å²) < 4.78 is 6.98. The molecule has 0 spiro atoms. The van der Waals surface area contributed by atoms with Crippen molar-refractivity contribution >= 4 is 5.69 Å². The number of ether oxygens (including phenoxy) is 1. The van der Waals surface area contributed by atoms with Gasteiger partial charge in [0.05, 0.1) is 5.60 Å². The fourth-order valence-electron chi connectivity index (χ4n) is 6.40. The Morgan fingerprint density at radius 1 is 0.870 bits per heavy atom. The number of para-hydroxylation sites is 1. The van der Waals surface area contributed by atoms with Crippen LogP contribution in [0.25, 0.3) is 0 Å². The first-order valence-corrected chi connectivity index (χ1v) is 9.79. The van der Waals surface area contributed by atoms with Gasteiger partial charge in [0.25, 0.3) is 0 Å². The molecule has 4 saturated carbocycles. The van der Waals surface area contributed by atoms with Gasteiger partial charge in [0.15, 0.2) is 0 Å². The summed E-state index contributed by atoms with van der Waals surface area (Å²) in [7, 11) is 0. The van der Waals surface area contributed by atoms with E-state index in [0.717, 1.165) is 24.3 Å². The smallest absolute Gasteiger partial charge is 0.130 e. The second-order valence-corrected chi connectivity index (χ2v) is 8.70. The minimum Gasteiger partial charge on any atom is -0.352 e. The van der Waals surface area contributed by atoms with Crippen LogP contribution in [-0.2, 0) is 4.74 Å². The summed E-state index contributed by atoms with van der Waals surface area (Å²) >= 11 is 0. The summed E-state index contributed by atoms with van der Waals surface area (Å²) in [5, 5.41) is 0. The van der Waals surface area contributed by atoms with Crippen LogP contribution >= 0.6 is 0 Å². The van der Waals surface area contributed by atoms with E-state index in [2.05, 4.69) is 35.2 Å². The Labute approximate surface area is 140 Å². The van der Waals surface area contributed by atoms with Crippen molar-refractivity contribution in [2.75, 3.05) is 11.4 Å². The molecule has 0 radical (unpaired) electrons. The van der Waals surface area contributed by atoms with Gasteiger partial charge in [-0.25, -0.2) is 0 Å². The van der Waals surface area contributed by atoms with Gasteiger partial charge in [0, 0.05) is 12.2 Å². The highest BCUT2D eigenvalue weighted by Crippen LogP contribution is 2.57. The number of rotatable bonds is 3. The quantitative estimate of drug-likeness (QED) is 0.780. The summed E-state index contributed by atoms with van der Waals surface area (Å²) in [6.07, 6.45) is 12.7. The van der Waals surface area contributed by atoms with Crippen LogP contribution in [0.4, 0.5) is 5.69 Å². The molecule has 0 amide bonds. The largest absolute Gasteiger partial charge is 0.352 e. The molecular weight excluding hydrogens is 282 g/mol. The molecule has 1 atom stereocenters. The lowest BCUT2D eigenvalue weighted by Gasteiger charge is -2.58. The second kappa shape index (κ2) is 5.51. The monoisotopic (exact) mass is 311 g/mol. The molecule has 1 aromatic carbocycles. The van der Waals surface area contributed by atoms with E-state index in [-0.39, 0.29) is 5.60 Å². The first-order chi connectivity index (χ1) is 11.3. The summed E-state index contributed by atoms with van der Waals surface area (Å²) in [4.78, 5) is 2.54. The van der Waals surface area contributed by atoms with Gasteiger partial charge in [-0.3, -0.25) is 0 Å². The number of anilines is 1. The molecule has 5 aliphatic rings. The molecule has 5 fully saturated rings. The number of benzene rings is 1. The SMILES string of the molecule is c1ccc(N2CCCCC2OC23CC4CC(CC(C4)C2)C3)cc1. The molecule has 0 N–H and O–H groups in total. The highest BCUT2D eigenvalue weighted by Gasteiger charge is 2.53. The predicted molar refractivity (Wildman–Crippen MR) is 93.4 cm³/mol. The van der Waals surface area contributed by atoms with Crippen LogP contribution < -0.4 is 4.90 Å². The highest BCUT2D eigenvalue weighted by molar-refractivity contribution is 5.46. The Balaban J connectivity index is 1.38. The molecule has 1 saturated heterocycles. The first-order valence-electron chi connectivity index (χ1n) is 9.79. The van der Waals surface area contributed by atoms with Crippen molar-refractivity contribution in [1.29, 1.82) is 0 Å². The molecule has 124 valence electrons. The van der Waals surface area contributed by atoms with E-state index in [1.807, 2.05) is 0 Å². The van der Waals surface area contributed by atoms with Crippen LogP contribution in [0.1, 0.15) is 57.8 Å². The number of piperidine rings is 1. The summed E-state index contributed by atoms with van der Waals surface area (Å²) in [6.45, 7) is 1.15. The van der Waals surface area contributed by atoms with Gasteiger partial charge in [0.1, 0.15) is 6.23 Å². The van der Waals surface area contributed by atoms with Gasteiger partial charge >= 0.3 is 0 Å². The zero-order valence-corrected chi connectivity index (χ0v) is 14.1. The van der Waals surface area contributed by atoms with Gasteiger partial charge in [0.2, 0.25) is 0 Å². The Kier molecular flexibility index (Phi) is 3.44. The first kappa shape index (κ1) is 14.3. The Morgan fingerprint density at radius 3 is 2.17 bits per heavy atom. The lowest BCUT2D eigenvalue weighted by molar-refractivity contribution is -0.191. The maximum atomic E-state index is 6.98. The normalized spacial score (nSPS) is 42.2. The fraction of sp³-hybridized carbons (Fsp3) is 0.714. The molecule has 2 heteroatoms. The third kappa shape index (κ3) is 2.59. The third-order valence-corrected chi connectivity index (χ3v) is 6.90. The average Bonchev–Trinajstić information content (AvgIpc) is 2.54. The zero-order valence-electron chi connectivity index (χ0n) is 14.1. The Hall–Kier alpha value is -1.02. The van der Waals surface area contributed by atoms with Gasteiger partial charge < -0.3 is 9.64 Å². The molecule has 4 aliphatic carbocycles. The molecule has 1 heterocycles. The van der Waals surface area contributed by atoms with Crippen LogP contribution in [0.15, 0.2) is 30.3 Å². The Morgan fingerprint density at radius 2 is 1.52 bits per heavy atom. The van der Waals surface area contributed by atoms with Crippen LogP contribution in [0.3, 0.4) is 0 Å². The van der Waals surface area contributed by atoms with Crippen molar-refractivity contribution in [1.82, 2.24) is 0 Å². The van der Waals surface area contributed by atoms with Crippen molar-refractivity contribution in [2.24, 2.45) is 17.8 Å². The maximum absolute atomic E-state index is 6.98. The highest BCUT2D eigenvalue weighted by atomic mass is 16.5. The van der Waals surface area contributed by atoms with Crippen LogP contribution in [0, 0.1) is 17.8 Å².